The molecule has 2 aromatic heterocycles. The standard InChI is InChI=1S/C18H18N4O3/c1-11(2)22-15-7-6-13(25-3)9-14(15)16(18(22)24)20-21-17(23)12-5-4-8-19-10-12/h4-11,24H,1-3H3. The topological polar surface area (TPSA) is 89.1 Å². The van der Waals surface area contributed by atoms with Crippen LogP contribution in [0.3, 0.4) is 0 Å². The van der Waals surface area contributed by atoms with Gasteiger partial charge in [-0.25, -0.2) is 0 Å². The van der Waals surface area contributed by atoms with E-state index in [9.17, 15) is 9.90 Å². The van der Waals surface area contributed by atoms with Crippen molar-refractivity contribution in [1.82, 2.24) is 9.55 Å². The summed E-state index contributed by atoms with van der Waals surface area (Å²) in [5.41, 5.74) is 1.35. The van der Waals surface area contributed by atoms with Crippen LogP contribution in [0.4, 0.5) is 5.69 Å². The van der Waals surface area contributed by atoms with Crippen molar-refractivity contribution in [2.75, 3.05) is 7.11 Å². The second-order valence-electron chi connectivity index (χ2n) is 5.77. The molecule has 0 saturated heterocycles. The molecule has 0 saturated carbocycles. The normalized spacial score (nSPS) is 11.5. The molecule has 0 fully saturated rings. The predicted molar refractivity (Wildman–Crippen MR) is 93.6 cm³/mol. The lowest BCUT2D eigenvalue weighted by Crippen LogP contribution is -1.99. The Morgan fingerprint density at radius 2 is 2.12 bits per heavy atom. The van der Waals surface area contributed by atoms with Gasteiger partial charge in [-0.05, 0) is 44.2 Å². The second kappa shape index (κ2) is 6.72. The molecular weight excluding hydrogens is 320 g/mol. The minimum Gasteiger partial charge on any atom is -0.497 e. The summed E-state index contributed by atoms with van der Waals surface area (Å²) in [4.78, 5) is 16.0. The molecule has 3 rings (SSSR count). The van der Waals surface area contributed by atoms with Crippen LogP contribution < -0.4 is 4.74 Å². The van der Waals surface area contributed by atoms with E-state index in [1.807, 2.05) is 26.0 Å². The third kappa shape index (κ3) is 3.08. The van der Waals surface area contributed by atoms with E-state index in [1.54, 1.807) is 36.1 Å². The SMILES string of the molecule is COc1ccc2c(c1)c(N=NC(=O)c1cccnc1)c(O)n2C(C)C. The van der Waals surface area contributed by atoms with Crippen LogP contribution in [0.1, 0.15) is 30.2 Å². The summed E-state index contributed by atoms with van der Waals surface area (Å²) in [5.74, 6) is 0.0604. The Bertz CT molecular complexity index is 946. The lowest BCUT2D eigenvalue weighted by molar-refractivity contribution is 0.0994. The molecule has 1 aromatic carbocycles. The number of ether oxygens (including phenoxy) is 1. The Labute approximate surface area is 144 Å². The van der Waals surface area contributed by atoms with Gasteiger partial charge < -0.3 is 14.4 Å². The zero-order valence-electron chi connectivity index (χ0n) is 14.2. The van der Waals surface area contributed by atoms with Gasteiger partial charge >= 0.3 is 0 Å². The van der Waals surface area contributed by atoms with Gasteiger partial charge in [-0.1, -0.05) is 0 Å². The van der Waals surface area contributed by atoms with E-state index in [0.29, 0.717) is 16.7 Å². The van der Waals surface area contributed by atoms with E-state index in [1.165, 1.54) is 6.20 Å². The number of rotatable bonds is 4. The number of amides is 1. The predicted octanol–water partition coefficient (Wildman–Crippen LogP) is 4.26. The Balaban J connectivity index is 2.10. The highest BCUT2D eigenvalue weighted by Gasteiger charge is 2.19. The van der Waals surface area contributed by atoms with Crippen LogP contribution in [0.2, 0.25) is 0 Å². The van der Waals surface area contributed by atoms with E-state index in [2.05, 4.69) is 15.2 Å². The number of nitrogens with zero attached hydrogens (tertiary/aromatic N) is 4. The molecule has 0 radical (unpaired) electrons. The lowest BCUT2D eigenvalue weighted by atomic mass is 10.2. The summed E-state index contributed by atoms with van der Waals surface area (Å²) in [6, 6.07) is 8.67. The van der Waals surface area contributed by atoms with E-state index < -0.39 is 5.91 Å². The van der Waals surface area contributed by atoms with Crippen LogP contribution in [-0.2, 0) is 0 Å². The monoisotopic (exact) mass is 338 g/mol. The number of aromatic nitrogens is 2. The molecule has 0 aliphatic carbocycles. The number of carbonyl (C=O) groups is 1. The van der Waals surface area contributed by atoms with Gasteiger partial charge in [0.25, 0.3) is 5.91 Å². The van der Waals surface area contributed by atoms with Gasteiger partial charge in [0.05, 0.1) is 18.2 Å². The fourth-order valence-corrected chi connectivity index (χ4v) is 2.65. The van der Waals surface area contributed by atoms with Crippen LogP contribution in [0.5, 0.6) is 11.6 Å². The van der Waals surface area contributed by atoms with Gasteiger partial charge in [-0.15, -0.1) is 10.2 Å². The van der Waals surface area contributed by atoms with Crippen LogP contribution in [0, 0.1) is 0 Å². The van der Waals surface area contributed by atoms with Crippen molar-refractivity contribution in [3.63, 3.8) is 0 Å². The van der Waals surface area contributed by atoms with Crippen molar-refractivity contribution in [2.24, 2.45) is 10.2 Å². The summed E-state index contributed by atoms with van der Waals surface area (Å²) in [6.07, 6.45) is 2.99. The van der Waals surface area contributed by atoms with Crippen LogP contribution in [0.15, 0.2) is 53.0 Å². The highest BCUT2D eigenvalue weighted by atomic mass is 16.5. The average Bonchev–Trinajstić information content (AvgIpc) is 2.91. The highest BCUT2D eigenvalue weighted by molar-refractivity contribution is 5.97. The third-order valence-electron chi connectivity index (χ3n) is 3.82. The Hall–Kier alpha value is -3.22. The average molecular weight is 338 g/mol. The summed E-state index contributed by atoms with van der Waals surface area (Å²) >= 11 is 0. The first-order valence-electron chi connectivity index (χ1n) is 7.80. The molecule has 3 aromatic rings. The van der Waals surface area contributed by atoms with Crippen LogP contribution >= 0.6 is 0 Å². The molecule has 7 heteroatoms. The number of aromatic hydroxyl groups is 1. The number of hydrogen-bond donors (Lipinski definition) is 1. The molecule has 7 nitrogen and oxygen atoms in total. The molecule has 25 heavy (non-hydrogen) atoms. The van der Waals surface area contributed by atoms with Crippen molar-refractivity contribution < 1.29 is 14.6 Å². The van der Waals surface area contributed by atoms with E-state index in [4.69, 9.17) is 4.74 Å². The van der Waals surface area contributed by atoms with Crippen molar-refractivity contribution in [3.05, 3.63) is 48.3 Å². The number of hydrogen-bond acceptors (Lipinski definition) is 5. The second-order valence-corrected chi connectivity index (χ2v) is 5.77. The third-order valence-corrected chi connectivity index (χ3v) is 3.82. The number of benzene rings is 1. The Morgan fingerprint density at radius 1 is 1.32 bits per heavy atom. The molecule has 128 valence electrons. The van der Waals surface area contributed by atoms with E-state index in [0.717, 1.165) is 5.52 Å². The van der Waals surface area contributed by atoms with Crippen molar-refractivity contribution >= 4 is 22.5 Å². The molecule has 0 aliphatic rings. The van der Waals surface area contributed by atoms with Gasteiger partial charge in [0.15, 0.2) is 5.69 Å². The van der Waals surface area contributed by atoms with Gasteiger partial charge in [0, 0.05) is 23.8 Å². The van der Waals surface area contributed by atoms with Gasteiger partial charge in [-0.2, -0.15) is 0 Å². The molecule has 1 amide bonds. The van der Waals surface area contributed by atoms with Crippen molar-refractivity contribution in [3.8, 4) is 11.6 Å². The minimum atomic E-state index is -0.527. The van der Waals surface area contributed by atoms with E-state index >= 15 is 0 Å². The fraction of sp³-hybridized carbons (Fsp3) is 0.222. The maximum absolute atomic E-state index is 12.1. The lowest BCUT2D eigenvalue weighted by Gasteiger charge is -2.10. The number of pyridine rings is 1. The number of azo groups is 1. The zero-order chi connectivity index (χ0) is 18.0. The Kier molecular flexibility index (Phi) is 4.47. The molecule has 1 N–H and O–H groups in total. The molecule has 0 aliphatic heterocycles. The molecular formula is C18H18N4O3. The van der Waals surface area contributed by atoms with Crippen LogP contribution in [-0.4, -0.2) is 27.7 Å². The maximum atomic E-state index is 12.1. The number of methoxy groups -OCH3 is 1. The Morgan fingerprint density at radius 3 is 2.76 bits per heavy atom. The van der Waals surface area contributed by atoms with E-state index in [-0.39, 0.29) is 17.6 Å². The molecule has 0 atom stereocenters. The minimum absolute atomic E-state index is 0.00821. The molecule has 0 bridgehead atoms. The quantitative estimate of drug-likeness (QED) is 0.720. The number of fused-ring (bicyclic) bond motifs is 1. The first-order chi connectivity index (χ1) is 12.0. The molecule has 0 unspecified atom stereocenters. The largest absolute Gasteiger partial charge is 0.497 e. The zero-order valence-corrected chi connectivity index (χ0v) is 14.2. The molecule has 0 spiro atoms. The smallest absolute Gasteiger partial charge is 0.296 e. The summed E-state index contributed by atoms with van der Waals surface area (Å²) in [5, 5.41) is 19.0. The van der Waals surface area contributed by atoms with Crippen LogP contribution in [0.25, 0.3) is 10.9 Å². The first-order valence-corrected chi connectivity index (χ1v) is 7.80. The number of carbonyl (C=O) groups excluding carboxylic acids is 1. The highest BCUT2D eigenvalue weighted by Crippen LogP contribution is 2.42. The van der Waals surface area contributed by atoms with Gasteiger partial charge in [-0.3, -0.25) is 9.78 Å². The van der Waals surface area contributed by atoms with Gasteiger partial charge in [0.2, 0.25) is 5.88 Å². The molecule has 2 heterocycles. The maximum Gasteiger partial charge on any atom is 0.296 e. The van der Waals surface area contributed by atoms with Crippen molar-refractivity contribution in [2.45, 2.75) is 19.9 Å². The van der Waals surface area contributed by atoms with Crippen molar-refractivity contribution in [1.29, 1.82) is 0 Å². The summed E-state index contributed by atoms with van der Waals surface area (Å²) in [7, 11) is 1.56. The first kappa shape index (κ1) is 16.6. The summed E-state index contributed by atoms with van der Waals surface area (Å²) < 4.78 is 6.98. The summed E-state index contributed by atoms with van der Waals surface area (Å²) in [6.45, 7) is 3.90. The van der Waals surface area contributed by atoms with Gasteiger partial charge in [0.1, 0.15) is 5.75 Å². The fourth-order valence-electron chi connectivity index (χ4n) is 2.65.